The fraction of sp³-hybridized carbons (Fsp3) is 0.333. The number of carbonyl (C=O) groups excluding carboxylic acids is 1. The van der Waals surface area contributed by atoms with Crippen LogP contribution < -0.4 is 10.1 Å². The number of aryl methyl sites for hydroxylation is 1. The summed E-state index contributed by atoms with van der Waals surface area (Å²) in [5.41, 5.74) is 1.89. The zero-order valence-corrected chi connectivity index (χ0v) is 12.3. The van der Waals surface area contributed by atoms with Crippen molar-refractivity contribution in [3.05, 3.63) is 35.1 Å². The summed E-state index contributed by atoms with van der Waals surface area (Å²) in [4.78, 5) is 12.1. The molecule has 106 valence electrons. The van der Waals surface area contributed by atoms with E-state index in [1.54, 1.807) is 7.11 Å². The number of Topliss-reactive ketones (excluding diaryl/α,β-unsaturated/α-hetero) is 1. The SMILES string of the molecule is COc1c(C)cccc1NC(=S)C1=C(O)CCCC1=O. The Bertz CT molecular complexity index is 593. The van der Waals surface area contributed by atoms with Crippen molar-refractivity contribution in [3.63, 3.8) is 0 Å². The topological polar surface area (TPSA) is 58.6 Å². The van der Waals surface area contributed by atoms with Crippen molar-refractivity contribution in [2.24, 2.45) is 0 Å². The van der Waals surface area contributed by atoms with Gasteiger partial charge in [-0.2, -0.15) is 0 Å². The summed E-state index contributed by atoms with van der Waals surface area (Å²) in [6.07, 6.45) is 1.59. The summed E-state index contributed by atoms with van der Waals surface area (Å²) < 4.78 is 5.33. The van der Waals surface area contributed by atoms with Gasteiger partial charge in [-0.05, 0) is 25.0 Å². The van der Waals surface area contributed by atoms with E-state index in [1.807, 2.05) is 25.1 Å². The van der Waals surface area contributed by atoms with E-state index < -0.39 is 0 Å². The molecule has 20 heavy (non-hydrogen) atoms. The Labute approximate surface area is 123 Å². The predicted molar refractivity (Wildman–Crippen MR) is 82.5 cm³/mol. The highest BCUT2D eigenvalue weighted by atomic mass is 32.1. The van der Waals surface area contributed by atoms with Crippen molar-refractivity contribution in [3.8, 4) is 5.75 Å². The molecular formula is C15H17NO3S. The van der Waals surface area contributed by atoms with Crippen LogP contribution in [0.4, 0.5) is 5.69 Å². The predicted octanol–water partition coefficient (Wildman–Crippen LogP) is 3.31. The molecule has 0 radical (unpaired) electrons. The summed E-state index contributed by atoms with van der Waals surface area (Å²) in [5, 5.41) is 12.9. The molecule has 1 aromatic rings. The number of benzene rings is 1. The fourth-order valence-corrected chi connectivity index (χ4v) is 2.63. The molecule has 4 nitrogen and oxygen atoms in total. The van der Waals surface area contributed by atoms with Gasteiger partial charge in [-0.25, -0.2) is 0 Å². The van der Waals surface area contributed by atoms with Crippen LogP contribution in [0.25, 0.3) is 0 Å². The first-order valence-corrected chi connectivity index (χ1v) is 6.85. The summed E-state index contributed by atoms with van der Waals surface area (Å²) in [5.74, 6) is 0.640. The molecule has 1 aromatic carbocycles. The van der Waals surface area contributed by atoms with Gasteiger partial charge in [0.2, 0.25) is 0 Å². The number of aliphatic hydroxyl groups is 1. The van der Waals surface area contributed by atoms with E-state index in [0.717, 1.165) is 5.56 Å². The lowest BCUT2D eigenvalue weighted by Crippen LogP contribution is -2.23. The van der Waals surface area contributed by atoms with Crippen molar-refractivity contribution >= 4 is 28.7 Å². The second-order valence-corrected chi connectivity index (χ2v) is 5.12. The number of para-hydroxylation sites is 1. The molecule has 0 atom stereocenters. The van der Waals surface area contributed by atoms with Crippen LogP contribution in [0.3, 0.4) is 0 Å². The molecule has 0 spiro atoms. The first-order chi connectivity index (χ1) is 9.54. The molecular weight excluding hydrogens is 274 g/mol. The number of hydrogen-bond donors (Lipinski definition) is 2. The number of aliphatic hydroxyl groups excluding tert-OH is 1. The third kappa shape index (κ3) is 2.82. The standard InChI is InChI=1S/C15H17NO3S/c1-9-5-3-6-10(14(9)19-2)16-15(20)13-11(17)7-4-8-12(13)18/h3,5-6,17H,4,7-8H2,1-2H3,(H,16,20). The number of hydrogen-bond acceptors (Lipinski definition) is 4. The lowest BCUT2D eigenvalue weighted by atomic mass is 9.96. The van der Waals surface area contributed by atoms with Gasteiger partial charge in [0.1, 0.15) is 16.5 Å². The van der Waals surface area contributed by atoms with Crippen LogP contribution in [0.15, 0.2) is 29.5 Å². The van der Waals surface area contributed by atoms with Gasteiger partial charge in [0.15, 0.2) is 5.78 Å². The van der Waals surface area contributed by atoms with E-state index in [0.29, 0.717) is 30.7 Å². The van der Waals surface area contributed by atoms with E-state index in [9.17, 15) is 9.90 Å². The van der Waals surface area contributed by atoms with E-state index in [1.165, 1.54) is 0 Å². The fourth-order valence-electron chi connectivity index (χ4n) is 2.29. The van der Waals surface area contributed by atoms with Crippen LogP contribution in [0, 0.1) is 6.92 Å². The third-order valence-electron chi connectivity index (χ3n) is 3.28. The molecule has 0 saturated heterocycles. The highest BCUT2D eigenvalue weighted by Gasteiger charge is 2.24. The summed E-state index contributed by atoms with van der Waals surface area (Å²) >= 11 is 5.26. The smallest absolute Gasteiger partial charge is 0.169 e. The van der Waals surface area contributed by atoms with Crippen LogP contribution in [-0.2, 0) is 4.79 Å². The lowest BCUT2D eigenvalue weighted by Gasteiger charge is -2.18. The van der Waals surface area contributed by atoms with Gasteiger partial charge < -0.3 is 15.2 Å². The Hall–Kier alpha value is -1.88. The monoisotopic (exact) mass is 291 g/mol. The summed E-state index contributed by atoms with van der Waals surface area (Å²) in [6.45, 7) is 1.93. The first-order valence-electron chi connectivity index (χ1n) is 6.45. The molecule has 2 N–H and O–H groups in total. The number of thiocarbonyl (C=S) groups is 1. The second kappa shape index (κ2) is 6.05. The first kappa shape index (κ1) is 14.5. The largest absolute Gasteiger partial charge is 0.511 e. The van der Waals surface area contributed by atoms with E-state index in [4.69, 9.17) is 17.0 Å². The van der Waals surface area contributed by atoms with Crippen molar-refractivity contribution < 1.29 is 14.6 Å². The molecule has 0 aromatic heterocycles. The van der Waals surface area contributed by atoms with Gasteiger partial charge in [-0.15, -0.1) is 0 Å². The number of nitrogens with one attached hydrogen (secondary N) is 1. The normalized spacial score (nSPS) is 15.2. The maximum absolute atomic E-state index is 11.9. The molecule has 0 bridgehead atoms. The Balaban J connectivity index is 2.29. The number of ether oxygens (including phenoxy) is 1. The number of methoxy groups -OCH3 is 1. The number of rotatable bonds is 3. The van der Waals surface area contributed by atoms with Crippen LogP contribution >= 0.6 is 12.2 Å². The number of ketones is 1. The zero-order chi connectivity index (χ0) is 14.7. The van der Waals surface area contributed by atoms with Crippen molar-refractivity contribution in [1.29, 1.82) is 0 Å². The minimum atomic E-state index is -0.113. The molecule has 2 rings (SSSR count). The van der Waals surface area contributed by atoms with Crippen molar-refractivity contribution in [2.75, 3.05) is 12.4 Å². The molecule has 0 amide bonds. The minimum absolute atomic E-state index is 0.0744. The second-order valence-electron chi connectivity index (χ2n) is 4.71. The maximum atomic E-state index is 11.9. The molecule has 0 aliphatic heterocycles. The average Bonchev–Trinajstić information content (AvgIpc) is 2.38. The maximum Gasteiger partial charge on any atom is 0.169 e. The molecule has 1 aliphatic rings. The molecule has 0 unspecified atom stereocenters. The van der Waals surface area contributed by atoms with Gasteiger partial charge in [0, 0.05) is 12.8 Å². The molecule has 0 heterocycles. The van der Waals surface area contributed by atoms with Crippen LogP contribution in [-0.4, -0.2) is 23.0 Å². The summed E-state index contributed by atoms with van der Waals surface area (Å²) in [7, 11) is 1.58. The zero-order valence-electron chi connectivity index (χ0n) is 11.5. The van der Waals surface area contributed by atoms with Gasteiger partial charge in [-0.3, -0.25) is 4.79 Å². The van der Waals surface area contributed by atoms with E-state index in [-0.39, 0.29) is 22.1 Å². The Morgan fingerprint density at radius 2 is 2.15 bits per heavy atom. The van der Waals surface area contributed by atoms with Crippen molar-refractivity contribution in [2.45, 2.75) is 26.2 Å². The quantitative estimate of drug-likeness (QED) is 0.837. The lowest BCUT2D eigenvalue weighted by molar-refractivity contribution is -0.115. The number of anilines is 1. The Morgan fingerprint density at radius 1 is 1.40 bits per heavy atom. The van der Waals surface area contributed by atoms with Crippen LogP contribution in [0.5, 0.6) is 5.75 Å². The molecule has 0 fully saturated rings. The van der Waals surface area contributed by atoms with Gasteiger partial charge in [-0.1, -0.05) is 24.4 Å². The average molecular weight is 291 g/mol. The highest BCUT2D eigenvalue weighted by molar-refractivity contribution is 7.81. The number of allylic oxidation sites excluding steroid dienone is 1. The summed E-state index contributed by atoms with van der Waals surface area (Å²) in [6, 6.07) is 5.62. The van der Waals surface area contributed by atoms with E-state index in [2.05, 4.69) is 5.32 Å². The highest BCUT2D eigenvalue weighted by Crippen LogP contribution is 2.29. The van der Waals surface area contributed by atoms with Crippen LogP contribution in [0.1, 0.15) is 24.8 Å². The Morgan fingerprint density at radius 3 is 2.80 bits per heavy atom. The minimum Gasteiger partial charge on any atom is -0.511 e. The van der Waals surface area contributed by atoms with Crippen LogP contribution in [0.2, 0.25) is 0 Å². The molecule has 5 heteroatoms. The molecule has 0 saturated carbocycles. The van der Waals surface area contributed by atoms with Gasteiger partial charge >= 0.3 is 0 Å². The third-order valence-corrected chi connectivity index (χ3v) is 3.58. The van der Waals surface area contributed by atoms with Gasteiger partial charge in [0.05, 0.1) is 18.4 Å². The van der Waals surface area contributed by atoms with E-state index >= 15 is 0 Å². The Kier molecular flexibility index (Phi) is 4.39. The van der Waals surface area contributed by atoms with Gasteiger partial charge in [0.25, 0.3) is 0 Å². The van der Waals surface area contributed by atoms with Crippen molar-refractivity contribution in [1.82, 2.24) is 0 Å². The molecule has 1 aliphatic carbocycles. The number of carbonyl (C=O) groups is 1.